The number of urea groups is 1. The van der Waals surface area contributed by atoms with Crippen LogP contribution in [0.3, 0.4) is 0 Å². The largest absolute Gasteiger partial charge is 0.356 e. The predicted octanol–water partition coefficient (Wildman–Crippen LogP) is 1.14. The summed E-state index contributed by atoms with van der Waals surface area (Å²) in [6, 6.07) is 0.0107. The van der Waals surface area contributed by atoms with Gasteiger partial charge < -0.3 is 20.0 Å². The quantitative estimate of drug-likeness (QED) is 0.825. The highest BCUT2D eigenvalue weighted by atomic mass is 16.2. The van der Waals surface area contributed by atoms with Crippen molar-refractivity contribution in [3.05, 3.63) is 0 Å². The first-order valence-electron chi connectivity index (χ1n) is 9.46. The normalized spacial score (nSPS) is 21.8. The molecule has 1 N–H and O–H groups in total. The second-order valence-corrected chi connectivity index (χ2v) is 7.35. The monoisotopic (exact) mass is 352 g/mol. The van der Waals surface area contributed by atoms with Gasteiger partial charge in [0.2, 0.25) is 11.8 Å². The van der Waals surface area contributed by atoms with Crippen LogP contribution in [0.5, 0.6) is 0 Å². The van der Waals surface area contributed by atoms with E-state index in [9.17, 15) is 14.4 Å². The van der Waals surface area contributed by atoms with Gasteiger partial charge in [0.1, 0.15) is 0 Å². The molecule has 2 aliphatic heterocycles. The van der Waals surface area contributed by atoms with E-state index in [2.05, 4.69) is 5.32 Å². The van der Waals surface area contributed by atoms with Gasteiger partial charge in [-0.3, -0.25) is 9.59 Å². The van der Waals surface area contributed by atoms with E-state index in [1.54, 1.807) is 23.9 Å². The Labute approximate surface area is 150 Å². The van der Waals surface area contributed by atoms with Crippen LogP contribution in [0.1, 0.15) is 39.0 Å². The molecular weight excluding hydrogens is 320 g/mol. The Balaban J connectivity index is 1.84. The molecule has 0 aromatic rings. The minimum Gasteiger partial charge on any atom is -0.356 e. The van der Waals surface area contributed by atoms with Crippen LogP contribution in [0.15, 0.2) is 0 Å². The number of hydrogen-bond acceptors (Lipinski definition) is 3. The molecule has 2 rings (SSSR count). The molecule has 0 aromatic carbocycles. The van der Waals surface area contributed by atoms with Crippen molar-refractivity contribution in [2.24, 2.45) is 11.8 Å². The van der Waals surface area contributed by atoms with Crippen molar-refractivity contribution in [3.63, 3.8) is 0 Å². The lowest BCUT2D eigenvalue weighted by atomic mass is 9.92. The Morgan fingerprint density at radius 1 is 1.00 bits per heavy atom. The van der Waals surface area contributed by atoms with E-state index in [1.807, 2.05) is 11.8 Å². The number of carbonyl (C=O) groups is 3. The predicted molar refractivity (Wildman–Crippen MR) is 96.0 cm³/mol. The van der Waals surface area contributed by atoms with Gasteiger partial charge in [-0.15, -0.1) is 0 Å². The van der Waals surface area contributed by atoms with E-state index in [1.165, 1.54) is 0 Å². The molecule has 0 saturated carbocycles. The molecule has 1 unspecified atom stereocenters. The molecule has 0 bridgehead atoms. The lowest BCUT2D eigenvalue weighted by Crippen LogP contribution is -2.50. The maximum Gasteiger partial charge on any atom is 0.319 e. The second-order valence-electron chi connectivity index (χ2n) is 7.35. The Morgan fingerprint density at radius 3 is 2.28 bits per heavy atom. The minimum atomic E-state index is -0.0837. The number of amides is 4. The molecule has 0 spiro atoms. The summed E-state index contributed by atoms with van der Waals surface area (Å²) in [5, 5.41) is 2.94. The van der Waals surface area contributed by atoms with E-state index >= 15 is 0 Å². The molecule has 0 radical (unpaired) electrons. The summed E-state index contributed by atoms with van der Waals surface area (Å²) in [7, 11) is 3.49. The zero-order valence-electron chi connectivity index (χ0n) is 15.8. The number of nitrogens with zero attached hydrogens (tertiary/aromatic N) is 3. The van der Waals surface area contributed by atoms with Crippen molar-refractivity contribution >= 4 is 17.8 Å². The fraction of sp³-hybridized carbons (Fsp3) is 0.833. The second kappa shape index (κ2) is 9.06. The van der Waals surface area contributed by atoms with E-state index in [0.717, 1.165) is 25.8 Å². The zero-order chi connectivity index (χ0) is 18.4. The number of rotatable bonds is 4. The molecule has 0 aromatic heterocycles. The van der Waals surface area contributed by atoms with Crippen LogP contribution in [0.4, 0.5) is 4.79 Å². The van der Waals surface area contributed by atoms with Gasteiger partial charge >= 0.3 is 6.03 Å². The average Bonchev–Trinajstić information content (AvgIpc) is 2.65. The molecule has 0 aliphatic carbocycles. The number of carbonyl (C=O) groups excluding carboxylic acids is 3. The van der Waals surface area contributed by atoms with E-state index in [0.29, 0.717) is 39.0 Å². The topological polar surface area (TPSA) is 73.0 Å². The Hall–Kier alpha value is -1.79. The van der Waals surface area contributed by atoms with Crippen LogP contribution in [0.2, 0.25) is 0 Å². The van der Waals surface area contributed by atoms with Gasteiger partial charge in [0.05, 0.1) is 5.92 Å². The van der Waals surface area contributed by atoms with Crippen molar-refractivity contribution < 1.29 is 14.4 Å². The molecule has 7 heteroatoms. The fourth-order valence-electron chi connectivity index (χ4n) is 3.64. The number of hydrogen-bond donors (Lipinski definition) is 1. The highest BCUT2D eigenvalue weighted by Gasteiger charge is 2.34. The highest BCUT2D eigenvalue weighted by molar-refractivity contribution is 5.82. The van der Waals surface area contributed by atoms with Crippen molar-refractivity contribution in [3.8, 4) is 0 Å². The van der Waals surface area contributed by atoms with Gasteiger partial charge in [0.25, 0.3) is 0 Å². The van der Waals surface area contributed by atoms with Crippen molar-refractivity contribution in [2.75, 3.05) is 46.8 Å². The Kier molecular flexibility index (Phi) is 7.08. The average molecular weight is 352 g/mol. The smallest absolute Gasteiger partial charge is 0.319 e. The molecule has 2 fully saturated rings. The minimum absolute atomic E-state index is 0.0107. The molecule has 25 heavy (non-hydrogen) atoms. The van der Waals surface area contributed by atoms with E-state index < -0.39 is 0 Å². The van der Waals surface area contributed by atoms with Gasteiger partial charge in [0, 0.05) is 52.7 Å². The summed E-state index contributed by atoms with van der Waals surface area (Å²) in [6.07, 6.45) is 4.08. The van der Waals surface area contributed by atoms with Crippen LogP contribution in [-0.2, 0) is 9.59 Å². The van der Waals surface area contributed by atoms with Crippen LogP contribution in [0.25, 0.3) is 0 Å². The summed E-state index contributed by atoms with van der Waals surface area (Å²) in [6.45, 7) is 5.26. The van der Waals surface area contributed by atoms with E-state index in [4.69, 9.17) is 0 Å². The number of piperidine rings is 2. The van der Waals surface area contributed by atoms with Crippen LogP contribution < -0.4 is 5.32 Å². The molecule has 4 amide bonds. The summed E-state index contributed by atoms with van der Waals surface area (Å²) in [5.41, 5.74) is 0. The van der Waals surface area contributed by atoms with Gasteiger partial charge in [-0.1, -0.05) is 6.92 Å². The summed E-state index contributed by atoms with van der Waals surface area (Å²) in [5.74, 6) is 0.124. The number of likely N-dealkylation sites (tertiary alicyclic amines) is 2. The van der Waals surface area contributed by atoms with Crippen LogP contribution >= 0.6 is 0 Å². The molecule has 7 nitrogen and oxygen atoms in total. The first-order valence-corrected chi connectivity index (χ1v) is 9.46. The standard InChI is InChI=1S/C18H32N4O3/c1-4-9-19-16(23)15-6-5-10-22(13-15)17(24)14-7-11-21(12-8-14)18(25)20(2)3/h14-15H,4-13H2,1-3H3,(H,19,23). The first-order chi connectivity index (χ1) is 11.9. The van der Waals surface area contributed by atoms with Crippen molar-refractivity contribution in [1.82, 2.24) is 20.0 Å². The number of nitrogens with one attached hydrogen (secondary N) is 1. The van der Waals surface area contributed by atoms with Gasteiger partial charge in [0.15, 0.2) is 0 Å². The van der Waals surface area contributed by atoms with Crippen molar-refractivity contribution in [2.45, 2.75) is 39.0 Å². The molecule has 142 valence electrons. The van der Waals surface area contributed by atoms with Gasteiger partial charge in [-0.2, -0.15) is 0 Å². The zero-order valence-corrected chi connectivity index (χ0v) is 15.8. The summed E-state index contributed by atoms with van der Waals surface area (Å²) < 4.78 is 0. The highest BCUT2D eigenvalue weighted by Crippen LogP contribution is 2.24. The third-order valence-corrected chi connectivity index (χ3v) is 5.15. The summed E-state index contributed by atoms with van der Waals surface area (Å²) >= 11 is 0. The van der Waals surface area contributed by atoms with Crippen LogP contribution in [-0.4, -0.2) is 79.4 Å². The molecule has 2 aliphatic rings. The van der Waals surface area contributed by atoms with Crippen LogP contribution in [0, 0.1) is 11.8 Å². The molecular formula is C18H32N4O3. The third kappa shape index (κ3) is 5.09. The fourth-order valence-corrected chi connectivity index (χ4v) is 3.64. The maximum absolute atomic E-state index is 12.8. The molecule has 2 saturated heterocycles. The third-order valence-electron chi connectivity index (χ3n) is 5.15. The van der Waals surface area contributed by atoms with Crippen molar-refractivity contribution in [1.29, 1.82) is 0 Å². The lowest BCUT2D eigenvalue weighted by Gasteiger charge is -2.38. The maximum atomic E-state index is 12.8. The molecule has 1 atom stereocenters. The summed E-state index contributed by atoms with van der Waals surface area (Å²) in [4.78, 5) is 42.3. The first kappa shape index (κ1) is 19.5. The lowest BCUT2D eigenvalue weighted by molar-refractivity contribution is -0.140. The SMILES string of the molecule is CCCNC(=O)C1CCCN(C(=O)C2CCN(C(=O)N(C)C)CC2)C1. The molecule has 2 heterocycles. The Bertz CT molecular complexity index is 487. The van der Waals surface area contributed by atoms with Gasteiger partial charge in [-0.05, 0) is 32.1 Å². The Morgan fingerprint density at radius 2 is 1.68 bits per heavy atom. The van der Waals surface area contributed by atoms with Gasteiger partial charge in [-0.25, -0.2) is 4.79 Å². The van der Waals surface area contributed by atoms with E-state index in [-0.39, 0.29) is 29.7 Å².